The molecule has 1 aliphatic rings. The molecule has 0 spiro atoms. The van der Waals surface area contributed by atoms with Gasteiger partial charge in [0.25, 0.3) is 5.91 Å². The number of anilines is 4. The fraction of sp³-hybridized carbons (Fsp3) is 0.182. The molecule has 0 fully saturated rings. The average molecular weight is 387 g/mol. The van der Waals surface area contributed by atoms with E-state index in [0.717, 1.165) is 24.2 Å². The molecule has 2 heterocycles. The number of fused-ring (bicyclic) bond motifs is 1. The number of aromatic nitrogens is 2. The Balaban J connectivity index is 1.52. The highest BCUT2D eigenvalue weighted by Gasteiger charge is 2.24. The number of aryl methyl sites for hydroxylation is 1. The Bertz CT molecular complexity index is 1050. The molecular formula is C22H21N5O2. The average Bonchev–Trinajstić information content (AvgIpc) is 2.74. The summed E-state index contributed by atoms with van der Waals surface area (Å²) < 4.78 is 0. The molecule has 146 valence electrons. The molecule has 0 unspecified atom stereocenters. The maximum absolute atomic E-state index is 13.1. The number of carbonyl (C=O) groups excluding carboxylic acids is 2. The van der Waals surface area contributed by atoms with Gasteiger partial charge in [-0.25, -0.2) is 9.97 Å². The standard InChI is InChI=1S/C22H21N5O2/c1-15(28)25-17-8-10-18(11-9-17)26-21-13-19(23-14-24-21)22(29)27-12-4-6-16-5-2-3-7-20(16)27/h2-3,5,7-11,13-14H,4,6,12H2,1H3,(H,25,28)(H,23,24,26). The van der Waals surface area contributed by atoms with Gasteiger partial charge in [-0.05, 0) is 48.7 Å². The Kier molecular flexibility index (Phi) is 5.20. The van der Waals surface area contributed by atoms with Gasteiger partial charge in [0.2, 0.25) is 5.91 Å². The number of nitrogens with zero attached hydrogens (tertiary/aromatic N) is 3. The smallest absolute Gasteiger partial charge is 0.277 e. The monoisotopic (exact) mass is 387 g/mol. The molecule has 1 aromatic heterocycles. The van der Waals surface area contributed by atoms with E-state index >= 15 is 0 Å². The minimum absolute atomic E-state index is 0.121. The van der Waals surface area contributed by atoms with Crippen LogP contribution < -0.4 is 15.5 Å². The van der Waals surface area contributed by atoms with E-state index < -0.39 is 0 Å². The number of hydrogen-bond donors (Lipinski definition) is 2. The summed E-state index contributed by atoms with van der Waals surface area (Å²) >= 11 is 0. The van der Waals surface area contributed by atoms with Crippen molar-refractivity contribution in [2.24, 2.45) is 0 Å². The Morgan fingerprint density at radius 2 is 1.76 bits per heavy atom. The van der Waals surface area contributed by atoms with Gasteiger partial charge in [0.1, 0.15) is 17.8 Å². The third-order valence-electron chi connectivity index (χ3n) is 4.72. The Morgan fingerprint density at radius 1 is 1.00 bits per heavy atom. The first kappa shape index (κ1) is 18.6. The van der Waals surface area contributed by atoms with E-state index in [1.807, 2.05) is 30.3 Å². The largest absolute Gasteiger partial charge is 0.340 e. The highest BCUT2D eigenvalue weighted by Crippen LogP contribution is 2.28. The molecule has 0 bridgehead atoms. The van der Waals surface area contributed by atoms with Crippen molar-refractivity contribution in [3.8, 4) is 0 Å². The van der Waals surface area contributed by atoms with E-state index in [0.29, 0.717) is 23.7 Å². The molecule has 2 N–H and O–H groups in total. The lowest BCUT2D eigenvalue weighted by Crippen LogP contribution is -2.36. The molecule has 0 atom stereocenters. The summed E-state index contributed by atoms with van der Waals surface area (Å²) in [6.45, 7) is 2.14. The SMILES string of the molecule is CC(=O)Nc1ccc(Nc2cc(C(=O)N3CCCc4ccccc43)ncn2)cc1. The zero-order valence-electron chi connectivity index (χ0n) is 16.1. The number of amides is 2. The van der Waals surface area contributed by atoms with Gasteiger partial charge in [-0.2, -0.15) is 0 Å². The lowest BCUT2D eigenvalue weighted by molar-refractivity contribution is -0.114. The van der Waals surface area contributed by atoms with Crippen molar-refractivity contribution in [1.29, 1.82) is 0 Å². The van der Waals surface area contributed by atoms with Gasteiger partial charge in [-0.1, -0.05) is 18.2 Å². The van der Waals surface area contributed by atoms with Gasteiger partial charge in [0.05, 0.1) is 0 Å². The van der Waals surface area contributed by atoms with Crippen LogP contribution in [0.5, 0.6) is 0 Å². The second-order valence-electron chi connectivity index (χ2n) is 6.86. The number of carbonyl (C=O) groups is 2. The first-order valence-corrected chi connectivity index (χ1v) is 9.46. The lowest BCUT2D eigenvalue weighted by atomic mass is 10.0. The van der Waals surface area contributed by atoms with E-state index in [9.17, 15) is 9.59 Å². The number of rotatable bonds is 4. The highest BCUT2D eigenvalue weighted by molar-refractivity contribution is 6.05. The molecule has 2 amide bonds. The number of hydrogen-bond acceptors (Lipinski definition) is 5. The van der Waals surface area contributed by atoms with Gasteiger partial charge in [-0.15, -0.1) is 0 Å². The normalized spacial score (nSPS) is 12.8. The molecule has 7 heteroatoms. The summed E-state index contributed by atoms with van der Waals surface area (Å²) in [4.78, 5) is 34.4. The van der Waals surface area contributed by atoms with Crippen molar-refractivity contribution in [3.63, 3.8) is 0 Å². The summed E-state index contributed by atoms with van der Waals surface area (Å²) in [5, 5.41) is 5.89. The van der Waals surface area contributed by atoms with Gasteiger partial charge in [0, 0.05) is 36.6 Å². The quantitative estimate of drug-likeness (QED) is 0.712. The van der Waals surface area contributed by atoms with Crippen molar-refractivity contribution >= 4 is 34.7 Å². The minimum atomic E-state index is -0.136. The van der Waals surface area contributed by atoms with Crippen molar-refractivity contribution in [3.05, 3.63) is 72.2 Å². The van der Waals surface area contributed by atoms with E-state index in [2.05, 4.69) is 26.7 Å². The van der Waals surface area contributed by atoms with Crippen molar-refractivity contribution < 1.29 is 9.59 Å². The predicted octanol–water partition coefficient (Wildman–Crippen LogP) is 3.77. The molecule has 4 rings (SSSR count). The molecule has 0 radical (unpaired) electrons. The van der Waals surface area contributed by atoms with Crippen LogP contribution in [0.3, 0.4) is 0 Å². The Morgan fingerprint density at radius 3 is 2.55 bits per heavy atom. The van der Waals surface area contributed by atoms with E-state index in [4.69, 9.17) is 0 Å². The first-order valence-electron chi connectivity index (χ1n) is 9.46. The summed E-state index contributed by atoms with van der Waals surface area (Å²) in [5.41, 5.74) is 3.98. The number of para-hydroxylation sites is 1. The maximum Gasteiger partial charge on any atom is 0.277 e. The second kappa shape index (κ2) is 8.10. The molecule has 7 nitrogen and oxygen atoms in total. The van der Waals surface area contributed by atoms with E-state index in [-0.39, 0.29) is 11.8 Å². The molecule has 1 aliphatic heterocycles. The van der Waals surface area contributed by atoms with Crippen LogP contribution >= 0.6 is 0 Å². The van der Waals surface area contributed by atoms with Crippen molar-refractivity contribution in [2.75, 3.05) is 22.1 Å². The Labute approximate surface area is 168 Å². The maximum atomic E-state index is 13.1. The van der Waals surface area contributed by atoms with Gasteiger partial charge < -0.3 is 15.5 Å². The molecule has 3 aromatic rings. The third kappa shape index (κ3) is 4.24. The van der Waals surface area contributed by atoms with Crippen LogP contribution in [0.1, 0.15) is 29.4 Å². The fourth-order valence-corrected chi connectivity index (χ4v) is 3.41. The van der Waals surface area contributed by atoms with Gasteiger partial charge in [-0.3, -0.25) is 9.59 Å². The van der Waals surface area contributed by atoms with Crippen molar-refractivity contribution in [1.82, 2.24) is 9.97 Å². The fourth-order valence-electron chi connectivity index (χ4n) is 3.41. The van der Waals surface area contributed by atoms with Crippen LogP contribution in [0, 0.1) is 0 Å². The topological polar surface area (TPSA) is 87.2 Å². The molecular weight excluding hydrogens is 366 g/mol. The second-order valence-corrected chi connectivity index (χ2v) is 6.86. The summed E-state index contributed by atoms with van der Waals surface area (Å²) in [6.07, 6.45) is 3.29. The molecule has 0 saturated carbocycles. The van der Waals surface area contributed by atoms with Crippen molar-refractivity contribution in [2.45, 2.75) is 19.8 Å². The molecule has 29 heavy (non-hydrogen) atoms. The highest BCUT2D eigenvalue weighted by atomic mass is 16.2. The molecule has 2 aromatic carbocycles. The van der Waals surface area contributed by atoms with Crippen LogP contribution in [0.2, 0.25) is 0 Å². The molecule has 0 aliphatic carbocycles. The molecule has 0 saturated heterocycles. The van der Waals surface area contributed by atoms with E-state index in [1.165, 1.54) is 18.8 Å². The third-order valence-corrected chi connectivity index (χ3v) is 4.72. The first-order chi connectivity index (χ1) is 14.1. The van der Waals surface area contributed by atoms with E-state index in [1.54, 1.807) is 23.1 Å². The number of benzene rings is 2. The zero-order chi connectivity index (χ0) is 20.2. The van der Waals surface area contributed by atoms with Gasteiger partial charge >= 0.3 is 0 Å². The zero-order valence-corrected chi connectivity index (χ0v) is 16.1. The van der Waals surface area contributed by atoms with Crippen LogP contribution in [-0.2, 0) is 11.2 Å². The summed E-state index contributed by atoms with van der Waals surface area (Å²) in [6, 6.07) is 16.9. The minimum Gasteiger partial charge on any atom is -0.340 e. The summed E-state index contributed by atoms with van der Waals surface area (Å²) in [7, 11) is 0. The van der Waals surface area contributed by atoms with Crippen LogP contribution in [0.4, 0.5) is 22.9 Å². The van der Waals surface area contributed by atoms with Crippen LogP contribution in [-0.4, -0.2) is 28.3 Å². The summed E-state index contributed by atoms with van der Waals surface area (Å²) in [5.74, 6) is 0.272. The lowest BCUT2D eigenvalue weighted by Gasteiger charge is -2.29. The van der Waals surface area contributed by atoms with Gasteiger partial charge in [0.15, 0.2) is 0 Å². The van der Waals surface area contributed by atoms with Crippen LogP contribution in [0.25, 0.3) is 0 Å². The Hall–Kier alpha value is -3.74. The van der Waals surface area contributed by atoms with Crippen LogP contribution in [0.15, 0.2) is 60.9 Å². The predicted molar refractivity (Wildman–Crippen MR) is 112 cm³/mol. The number of nitrogens with one attached hydrogen (secondary N) is 2.